The Morgan fingerprint density at radius 3 is 2.89 bits per heavy atom. The first-order chi connectivity index (χ1) is 13.5. The summed E-state index contributed by atoms with van der Waals surface area (Å²) in [5.74, 6) is 0.735. The maximum absolute atomic E-state index is 12.4. The van der Waals surface area contributed by atoms with E-state index in [9.17, 15) is 4.79 Å². The van der Waals surface area contributed by atoms with Crippen molar-refractivity contribution in [2.45, 2.75) is 13.3 Å². The molecule has 4 aromatic rings. The van der Waals surface area contributed by atoms with E-state index in [1.807, 2.05) is 44.4 Å². The van der Waals surface area contributed by atoms with Gasteiger partial charge in [0.15, 0.2) is 5.69 Å². The SMILES string of the molecule is CCCNC(=O)c1nc2c(-c3cc4cnn(C)c4cc3OC)cccn2c1N. The number of hydrogen-bond donors (Lipinski definition) is 2. The number of carbonyl (C=O) groups excluding carboxylic acids is 1. The molecular formula is C20H22N6O2. The lowest BCUT2D eigenvalue weighted by Crippen LogP contribution is -2.25. The van der Waals surface area contributed by atoms with Crippen LogP contribution >= 0.6 is 0 Å². The Bertz CT molecular complexity index is 1190. The minimum Gasteiger partial charge on any atom is -0.496 e. The Kier molecular flexibility index (Phi) is 4.38. The maximum Gasteiger partial charge on any atom is 0.273 e. The van der Waals surface area contributed by atoms with Crippen LogP contribution in [0.1, 0.15) is 23.8 Å². The molecule has 28 heavy (non-hydrogen) atoms. The molecule has 3 heterocycles. The number of aromatic nitrogens is 4. The quantitative estimate of drug-likeness (QED) is 0.556. The monoisotopic (exact) mass is 378 g/mol. The summed E-state index contributed by atoms with van der Waals surface area (Å²) >= 11 is 0. The average Bonchev–Trinajstić information content (AvgIpc) is 3.25. The minimum absolute atomic E-state index is 0.224. The molecule has 0 atom stereocenters. The van der Waals surface area contributed by atoms with Crippen LogP contribution in [0.3, 0.4) is 0 Å². The average molecular weight is 378 g/mol. The van der Waals surface area contributed by atoms with Crippen molar-refractivity contribution >= 4 is 28.3 Å². The third kappa shape index (κ3) is 2.74. The largest absolute Gasteiger partial charge is 0.496 e. The lowest BCUT2D eigenvalue weighted by Gasteiger charge is -2.11. The van der Waals surface area contributed by atoms with Crippen LogP contribution in [0, 0.1) is 0 Å². The summed E-state index contributed by atoms with van der Waals surface area (Å²) in [4.78, 5) is 17.0. The molecule has 1 aromatic carbocycles. The molecular weight excluding hydrogens is 356 g/mol. The summed E-state index contributed by atoms with van der Waals surface area (Å²) in [6, 6.07) is 7.77. The molecule has 0 radical (unpaired) electrons. The van der Waals surface area contributed by atoms with Crippen molar-refractivity contribution in [3.05, 3.63) is 42.4 Å². The van der Waals surface area contributed by atoms with Gasteiger partial charge < -0.3 is 15.8 Å². The topological polar surface area (TPSA) is 99.5 Å². The molecule has 3 aromatic heterocycles. The fourth-order valence-corrected chi connectivity index (χ4v) is 3.35. The number of methoxy groups -OCH3 is 1. The first-order valence-corrected chi connectivity index (χ1v) is 9.10. The van der Waals surface area contributed by atoms with E-state index in [-0.39, 0.29) is 11.6 Å². The highest BCUT2D eigenvalue weighted by molar-refractivity contribution is 5.99. The second-order valence-electron chi connectivity index (χ2n) is 6.60. The number of rotatable bonds is 5. The van der Waals surface area contributed by atoms with Crippen molar-refractivity contribution in [2.75, 3.05) is 19.4 Å². The maximum atomic E-state index is 12.4. The van der Waals surface area contributed by atoms with Crippen molar-refractivity contribution in [3.63, 3.8) is 0 Å². The molecule has 0 saturated carbocycles. The molecule has 144 valence electrons. The van der Waals surface area contributed by atoms with E-state index in [1.54, 1.807) is 22.4 Å². The van der Waals surface area contributed by atoms with Gasteiger partial charge in [-0.15, -0.1) is 0 Å². The number of amides is 1. The highest BCUT2D eigenvalue weighted by Gasteiger charge is 2.20. The van der Waals surface area contributed by atoms with Crippen LogP contribution in [-0.2, 0) is 7.05 Å². The Morgan fingerprint density at radius 1 is 1.32 bits per heavy atom. The van der Waals surface area contributed by atoms with Crippen LogP contribution in [0.15, 0.2) is 36.7 Å². The van der Waals surface area contributed by atoms with E-state index in [0.29, 0.717) is 23.8 Å². The number of ether oxygens (including phenoxy) is 1. The standard InChI is InChI=1S/C20H22N6O2/c1-4-7-22-20(27)17-18(21)26-8-5-6-13(19(26)24-17)14-9-12-11-23-25(2)15(12)10-16(14)28-3/h5-6,8-11H,4,7,21H2,1-3H3,(H,22,27). The van der Waals surface area contributed by atoms with Crippen LogP contribution in [0.2, 0.25) is 0 Å². The summed E-state index contributed by atoms with van der Waals surface area (Å²) in [5.41, 5.74) is 9.70. The number of anilines is 1. The number of nitrogen functional groups attached to an aromatic ring is 1. The van der Waals surface area contributed by atoms with Crippen LogP contribution in [0.5, 0.6) is 5.75 Å². The van der Waals surface area contributed by atoms with Crippen LogP contribution in [0.4, 0.5) is 5.82 Å². The van der Waals surface area contributed by atoms with Gasteiger partial charge in [0, 0.05) is 42.4 Å². The van der Waals surface area contributed by atoms with Crippen LogP contribution in [-0.4, -0.2) is 38.7 Å². The highest BCUT2D eigenvalue weighted by atomic mass is 16.5. The van der Waals surface area contributed by atoms with Gasteiger partial charge >= 0.3 is 0 Å². The molecule has 4 rings (SSSR count). The normalized spacial score (nSPS) is 11.2. The Balaban J connectivity index is 1.92. The van der Waals surface area contributed by atoms with E-state index in [4.69, 9.17) is 10.5 Å². The van der Waals surface area contributed by atoms with Gasteiger partial charge in [0.05, 0.1) is 18.8 Å². The summed E-state index contributed by atoms with van der Waals surface area (Å²) in [7, 11) is 3.52. The molecule has 0 fully saturated rings. The molecule has 1 amide bonds. The Hall–Kier alpha value is -3.55. The number of nitrogens with one attached hydrogen (secondary N) is 1. The molecule has 0 unspecified atom stereocenters. The molecule has 3 N–H and O–H groups in total. The lowest BCUT2D eigenvalue weighted by atomic mass is 10.0. The Morgan fingerprint density at radius 2 is 2.14 bits per heavy atom. The summed E-state index contributed by atoms with van der Waals surface area (Å²) in [5, 5.41) is 8.12. The van der Waals surface area contributed by atoms with Crippen molar-refractivity contribution in [1.29, 1.82) is 0 Å². The number of nitrogens with zero attached hydrogens (tertiary/aromatic N) is 4. The second-order valence-corrected chi connectivity index (χ2v) is 6.60. The summed E-state index contributed by atoms with van der Waals surface area (Å²) in [6.07, 6.45) is 4.45. The molecule has 0 bridgehead atoms. The van der Waals surface area contributed by atoms with Gasteiger partial charge in [-0.2, -0.15) is 5.10 Å². The van der Waals surface area contributed by atoms with E-state index in [2.05, 4.69) is 15.4 Å². The number of aryl methyl sites for hydroxylation is 1. The minimum atomic E-state index is -0.274. The van der Waals surface area contributed by atoms with E-state index >= 15 is 0 Å². The van der Waals surface area contributed by atoms with E-state index in [0.717, 1.165) is 28.5 Å². The lowest BCUT2D eigenvalue weighted by molar-refractivity contribution is 0.0950. The summed E-state index contributed by atoms with van der Waals surface area (Å²) in [6.45, 7) is 2.57. The van der Waals surface area contributed by atoms with Crippen molar-refractivity contribution in [1.82, 2.24) is 24.5 Å². The number of carbonyl (C=O) groups is 1. The number of nitrogens with two attached hydrogens (primary N) is 1. The molecule has 0 spiro atoms. The van der Waals surface area contributed by atoms with Crippen LogP contribution < -0.4 is 15.8 Å². The zero-order valence-corrected chi connectivity index (χ0v) is 16.1. The van der Waals surface area contributed by atoms with Gasteiger partial charge in [0.1, 0.15) is 17.2 Å². The van der Waals surface area contributed by atoms with Crippen molar-refractivity contribution in [3.8, 4) is 16.9 Å². The number of hydrogen-bond acceptors (Lipinski definition) is 5. The zero-order chi connectivity index (χ0) is 19.8. The molecule has 8 heteroatoms. The first-order valence-electron chi connectivity index (χ1n) is 9.10. The zero-order valence-electron chi connectivity index (χ0n) is 16.1. The van der Waals surface area contributed by atoms with E-state index in [1.165, 1.54) is 0 Å². The van der Waals surface area contributed by atoms with Crippen LogP contribution in [0.25, 0.3) is 27.7 Å². The number of benzene rings is 1. The van der Waals surface area contributed by atoms with Gasteiger partial charge in [-0.25, -0.2) is 4.98 Å². The predicted octanol–water partition coefficient (Wildman–Crippen LogP) is 2.62. The smallest absolute Gasteiger partial charge is 0.273 e. The Labute approximate surface area is 161 Å². The predicted molar refractivity (Wildman–Crippen MR) is 108 cm³/mol. The molecule has 8 nitrogen and oxygen atoms in total. The molecule has 0 saturated heterocycles. The highest BCUT2D eigenvalue weighted by Crippen LogP contribution is 2.36. The fraction of sp³-hybridized carbons (Fsp3) is 0.250. The number of pyridine rings is 1. The number of fused-ring (bicyclic) bond motifs is 2. The van der Waals surface area contributed by atoms with Gasteiger partial charge in [-0.05, 0) is 24.6 Å². The second kappa shape index (κ2) is 6.88. The van der Waals surface area contributed by atoms with Gasteiger partial charge in [0.2, 0.25) is 0 Å². The third-order valence-electron chi connectivity index (χ3n) is 4.80. The molecule has 0 aliphatic rings. The van der Waals surface area contributed by atoms with E-state index < -0.39 is 0 Å². The van der Waals surface area contributed by atoms with Gasteiger partial charge in [-0.3, -0.25) is 13.9 Å². The van der Waals surface area contributed by atoms with Crippen molar-refractivity contribution in [2.24, 2.45) is 7.05 Å². The van der Waals surface area contributed by atoms with Gasteiger partial charge in [-0.1, -0.05) is 6.92 Å². The molecule has 0 aliphatic heterocycles. The van der Waals surface area contributed by atoms with Gasteiger partial charge in [0.25, 0.3) is 5.91 Å². The molecule has 0 aliphatic carbocycles. The van der Waals surface area contributed by atoms with Crippen molar-refractivity contribution < 1.29 is 9.53 Å². The first kappa shape index (κ1) is 17.8. The number of imidazole rings is 1. The summed E-state index contributed by atoms with van der Waals surface area (Å²) < 4.78 is 9.15. The third-order valence-corrected chi connectivity index (χ3v) is 4.80. The fourth-order valence-electron chi connectivity index (χ4n) is 3.35.